The molecule has 17 heavy (non-hydrogen) atoms. The lowest BCUT2D eigenvalue weighted by Gasteiger charge is -2.13. The third-order valence-corrected chi connectivity index (χ3v) is 2.32. The highest BCUT2D eigenvalue weighted by Gasteiger charge is 2.20. The highest BCUT2D eigenvalue weighted by Crippen LogP contribution is 2.28. The maximum absolute atomic E-state index is 12.6. The molecule has 0 radical (unpaired) electrons. The Morgan fingerprint density at radius 3 is 2.71 bits per heavy atom. The molecule has 1 rings (SSSR count). The standard InChI is InChI=1S/C10H13F2N3O2/c1-17-7(16)2-6-5(3-13)4-15-9(8(6)14)10(11)12/h4,10H,2-3,13-14H2,1H3. The summed E-state index contributed by atoms with van der Waals surface area (Å²) < 4.78 is 29.6. The lowest BCUT2D eigenvalue weighted by Crippen LogP contribution is -2.14. The lowest BCUT2D eigenvalue weighted by atomic mass is 10.0. The summed E-state index contributed by atoms with van der Waals surface area (Å²) in [5.41, 5.74) is 11.0. The van der Waals surface area contributed by atoms with Gasteiger partial charge in [-0.3, -0.25) is 9.78 Å². The first kappa shape index (κ1) is 13.3. The molecule has 0 fully saturated rings. The van der Waals surface area contributed by atoms with Crippen molar-refractivity contribution in [1.82, 2.24) is 4.98 Å². The van der Waals surface area contributed by atoms with Crippen LogP contribution in [-0.2, 0) is 22.5 Å². The van der Waals surface area contributed by atoms with Gasteiger partial charge in [-0.25, -0.2) is 8.78 Å². The van der Waals surface area contributed by atoms with Crippen molar-refractivity contribution in [2.24, 2.45) is 5.73 Å². The average Bonchev–Trinajstić information content (AvgIpc) is 2.30. The Hall–Kier alpha value is -1.76. The fourth-order valence-corrected chi connectivity index (χ4v) is 1.40. The molecule has 0 aliphatic rings. The Kier molecular flexibility index (Phi) is 4.33. The van der Waals surface area contributed by atoms with Crippen LogP contribution in [0.15, 0.2) is 6.20 Å². The van der Waals surface area contributed by atoms with Crippen LogP contribution in [0.2, 0.25) is 0 Å². The average molecular weight is 245 g/mol. The molecule has 5 nitrogen and oxygen atoms in total. The summed E-state index contributed by atoms with van der Waals surface area (Å²) in [4.78, 5) is 14.7. The van der Waals surface area contributed by atoms with Gasteiger partial charge in [0.15, 0.2) is 0 Å². The summed E-state index contributed by atoms with van der Waals surface area (Å²) in [7, 11) is 1.20. The molecule has 0 amide bonds. The van der Waals surface area contributed by atoms with Gasteiger partial charge in [-0.05, 0) is 11.1 Å². The second kappa shape index (κ2) is 5.53. The fraction of sp³-hybridized carbons (Fsp3) is 0.400. The Bertz CT molecular complexity index is 424. The number of carbonyl (C=O) groups excluding carboxylic acids is 1. The van der Waals surface area contributed by atoms with E-state index in [0.29, 0.717) is 5.56 Å². The summed E-state index contributed by atoms with van der Waals surface area (Å²) in [6.45, 7) is 0.0625. The number of carbonyl (C=O) groups is 1. The number of anilines is 1. The smallest absolute Gasteiger partial charge is 0.310 e. The van der Waals surface area contributed by atoms with Crippen molar-refractivity contribution in [2.45, 2.75) is 19.4 Å². The van der Waals surface area contributed by atoms with Gasteiger partial charge < -0.3 is 16.2 Å². The normalized spacial score (nSPS) is 10.6. The van der Waals surface area contributed by atoms with Gasteiger partial charge in [-0.1, -0.05) is 0 Å². The predicted octanol–water partition coefficient (Wildman–Crippen LogP) is 0.776. The number of esters is 1. The first-order valence-electron chi connectivity index (χ1n) is 4.82. The van der Waals surface area contributed by atoms with E-state index in [1.165, 1.54) is 13.3 Å². The molecule has 0 saturated heterocycles. The number of hydrogen-bond acceptors (Lipinski definition) is 5. The van der Waals surface area contributed by atoms with Crippen LogP contribution in [0.5, 0.6) is 0 Å². The Morgan fingerprint density at radius 2 is 2.24 bits per heavy atom. The first-order chi connectivity index (χ1) is 8.01. The van der Waals surface area contributed by atoms with E-state index in [2.05, 4.69) is 9.72 Å². The van der Waals surface area contributed by atoms with Crippen LogP contribution in [-0.4, -0.2) is 18.1 Å². The molecular formula is C10H13F2N3O2. The molecule has 4 N–H and O–H groups in total. The lowest BCUT2D eigenvalue weighted by molar-refractivity contribution is -0.139. The van der Waals surface area contributed by atoms with Crippen LogP contribution >= 0.6 is 0 Å². The molecule has 0 bridgehead atoms. The number of hydrogen-bond donors (Lipinski definition) is 2. The zero-order chi connectivity index (χ0) is 13.0. The molecule has 0 spiro atoms. The fourth-order valence-electron chi connectivity index (χ4n) is 1.40. The van der Waals surface area contributed by atoms with E-state index in [-0.39, 0.29) is 24.2 Å². The van der Waals surface area contributed by atoms with Gasteiger partial charge in [0.25, 0.3) is 6.43 Å². The minimum atomic E-state index is -2.79. The molecule has 1 aromatic heterocycles. The maximum atomic E-state index is 12.6. The molecule has 1 aromatic rings. The van der Waals surface area contributed by atoms with E-state index >= 15 is 0 Å². The molecule has 0 aliphatic heterocycles. The van der Waals surface area contributed by atoms with Crippen LogP contribution < -0.4 is 11.5 Å². The molecule has 0 saturated carbocycles. The quantitative estimate of drug-likeness (QED) is 0.765. The number of halogens is 2. The van der Waals surface area contributed by atoms with E-state index in [1.807, 2.05) is 0 Å². The Balaban J connectivity index is 3.22. The van der Waals surface area contributed by atoms with Crippen molar-refractivity contribution in [3.63, 3.8) is 0 Å². The number of rotatable bonds is 4. The molecule has 0 aromatic carbocycles. The third kappa shape index (κ3) is 2.88. The van der Waals surface area contributed by atoms with Crippen molar-refractivity contribution in [2.75, 3.05) is 12.8 Å². The van der Waals surface area contributed by atoms with E-state index in [9.17, 15) is 13.6 Å². The molecule has 0 atom stereocenters. The number of alkyl halides is 2. The molecule has 1 heterocycles. The Morgan fingerprint density at radius 1 is 1.59 bits per heavy atom. The number of nitrogens with zero attached hydrogens (tertiary/aromatic N) is 1. The SMILES string of the molecule is COC(=O)Cc1c(CN)cnc(C(F)F)c1N. The third-order valence-electron chi connectivity index (χ3n) is 2.32. The van der Waals surface area contributed by atoms with Crippen molar-refractivity contribution < 1.29 is 18.3 Å². The predicted molar refractivity (Wildman–Crippen MR) is 57.2 cm³/mol. The van der Waals surface area contributed by atoms with Gasteiger partial charge in [0.05, 0.1) is 19.2 Å². The van der Waals surface area contributed by atoms with Crippen molar-refractivity contribution >= 4 is 11.7 Å². The number of nitrogens with two attached hydrogens (primary N) is 2. The van der Waals surface area contributed by atoms with E-state index in [4.69, 9.17) is 11.5 Å². The van der Waals surface area contributed by atoms with Crippen molar-refractivity contribution in [3.05, 3.63) is 23.0 Å². The Labute approximate surface area is 96.8 Å². The van der Waals surface area contributed by atoms with E-state index in [1.54, 1.807) is 0 Å². The maximum Gasteiger partial charge on any atom is 0.310 e. The van der Waals surface area contributed by atoms with Gasteiger partial charge >= 0.3 is 5.97 Å². The number of pyridine rings is 1. The number of nitrogen functional groups attached to an aromatic ring is 1. The minimum absolute atomic E-state index is 0.0625. The van der Waals surface area contributed by atoms with Crippen molar-refractivity contribution in [3.8, 4) is 0 Å². The number of ether oxygens (including phenoxy) is 1. The van der Waals surface area contributed by atoms with Crippen LogP contribution in [0.3, 0.4) is 0 Å². The van der Waals surface area contributed by atoms with Gasteiger partial charge in [0, 0.05) is 12.7 Å². The summed E-state index contributed by atoms with van der Waals surface area (Å²) in [5, 5.41) is 0. The highest BCUT2D eigenvalue weighted by atomic mass is 19.3. The second-order valence-corrected chi connectivity index (χ2v) is 3.32. The van der Waals surface area contributed by atoms with Crippen LogP contribution in [0.25, 0.3) is 0 Å². The molecule has 0 aliphatic carbocycles. The summed E-state index contributed by atoms with van der Waals surface area (Å²) >= 11 is 0. The summed E-state index contributed by atoms with van der Waals surface area (Å²) in [6.07, 6.45) is -1.79. The van der Waals surface area contributed by atoms with Gasteiger partial charge in [-0.15, -0.1) is 0 Å². The molecule has 7 heteroatoms. The van der Waals surface area contributed by atoms with Crippen LogP contribution in [0.1, 0.15) is 23.2 Å². The minimum Gasteiger partial charge on any atom is -0.469 e. The number of methoxy groups -OCH3 is 1. The largest absolute Gasteiger partial charge is 0.469 e. The van der Waals surface area contributed by atoms with E-state index in [0.717, 1.165) is 0 Å². The second-order valence-electron chi connectivity index (χ2n) is 3.32. The molecule has 0 unspecified atom stereocenters. The van der Waals surface area contributed by atoms with Crippen molar-refractivity contribution in [1.29, 1.82) is 0 Å². The summed E-state index contributed by atoms with van der Waals surface area (Å²) in [6, 6.07) is 0. The first-order valence-corrected chi connectivity index (χ1v) is 4.82. The summed E-state index contributed by atoms with van der Waals surface area (Å²) in [5.74, 6) is -0.571. The van der Waals surface area contributed by atoms with Crippen LogP contribution in [0, 0.1) is 0 Å². The number of aromatic nitrogens is 1. The van der Waals surface area contributed by atoms with Crippen LogP contribution in [0.4, 0.5) is 14.5 Å². The van der Waals surface area contributed by atoms with E-state index < -0.39 is 18.1 Å². The topological polar surface area (TPSA) is 91.2 Å². The monoisotopic (exact) mass is 245 g/mol. The molecular weight excluding hydrogens is 232 g/mol. The zero-order valence-electron chi connectivity index (χ0n) is 9.24. The van der Waals surface area contributed by atoms with Gasteiger partial charge in [-0.2, -0.15) is 0 Å². The van der Waals surface area contributed by atoms with Gasteiger partial charge in [0.1, 0.15) is 5.69 Å². The van der Waals surface area contributed by atoms with Gasteiger partial charge in [0.2, 0.25) is 0 Å². The highest BCUT2D eigenvalue weighted by molar-refractivity contribution is 5.76. The molecule has 94 valence electrons. The zero-order valence-corrected chi connectivity index (χ0v) is 9.24.